The maximum Gasteiger partial charge on any atom is 0.167 e. The summed E-state index contributed by atoms with van der Waals surface area (Å²) in [5.41, 5.74) is 0.314. The van der Waals surface area contributed by atoms with Crippen molar-refractivity contribution in [2.24, 2.45) is 0 Å². The Kier molecular flexibility index (Phi) is 3.29. The third-order valence-corrected chi connectivity index (χ3v) is 2.60. The molecule has 86 valence electrons. The number of fused-ring (bicyclic) bond motifs is 1. The van der Waals surface area contributed by atoms with Crippen molar-refractivity contribution in [1.82, 2.24) is 0 Å². The van der Waals surface area contributed by atoms with Crippen LogP contribution in [0.15, 0.2) is 6.07 Å². The third-order valence-electron chi connectivity index (χ3n) is 2.33. The molecule has 1 aliphatic heterocycles. The van der Waals surface area contributed by atoms with E-state index in [9.17, 15) is 9.18 Å². The van der Waals surface area contributed by atoms with E-state index in [0.717, 1.165) is 6.29 Å². The summed E-state index contributed by atoms with van der Waals surface area (Å²) in [5.74, 6) is 0.279. The van der Waals surface area contributed by atoms with Crippen LogP contribution in [0.3, 0.4) is 0 Å². The number of hydrogen-bond donors (Lipinski definition) is 0. The summed E-state index contributed by atoms with van der Waals surface area (Å²) >= 11 is 5.73. The molecule has 0 radical (unpaired) electrons. The molecular weight excluding hydrogens is 235 g/mol. The highest BCUT2D eigenvalue weighted by Crippen LogP contribution is 2.39. The molecule has 0 fully saturated rings. The van der Waals surface area contributed by atoms with Crippen LogP contribution in [0.2, 0.25) is 5.02 Å². The van der Waals surface area contributed by atoms with Gasteiger partial charge >= 0.3 is 0 Å². The first-order valence-electron chi connectivity index (χ1n) is 4.94. The minimum absolute atomic E-state index is 0.00912. The summed E-state index contributed by atoms with van der Waals surface area (Å²) in [7, 11) is 0. The van der Waals surface area contributed by atoms with Crippen molar-refractivity contribution in [3.05, 3.63) is 22.5 Å². The Hall–Kier alpha value is -1.29. The van der Waals surface area contributed by atoms with Crippen LogP contribution in [-0.4, -0.2) is 19.5 Å². The van der Waals surface area contributed by atoms with Gasteiger partial charge in [-0.15, -0.1) is 0 Å². The van der Waals surface area contributed by atoms with Crippen LogP contribution in [0.1, 0.15) is 12.0 Å². The smallest absolute Gasteiger partial charge is 0.167 e. The van der Waals surface area contributed by atoms with Gasteiger partial charge in [-0.2, -0.15) is 0 Å². The van der Waals surface area contributed by atoms with Crippen LogP contribution >= 0.6 is 11.6 Å². The molecule has 1 aliphatic rings. The van der Waals surface area contributed by atoms with Gasteiger partial charge in [0.05, 0.1) is 5.02 Å². The van der Waals surface area contributed by atoms with E-state index in [2.05, 4.69) is 0 Å². The van der Waals surface area contributed by atoms with Crippen LogP contribution in [0.25, 0.3) is 0 Å². The molecular formula is C11H10ClFO3. The average molecular weight is 245 g/mol. The lowest BCUT2D eigenvalue weighted by molar-refractivity contribution is -0.107. The van der Waals surface area contributed by atoms with Crippen LogP contribution in [-0.2, 0) is 11.2 Å². The molecule has 0 amide bonds. The molecule has 1 heterocycles. The van der Waals surface area contributed by atoms with Gasteiger partial charge in [-0.1, -0.05) is 11.6 Å². The number of hydrogen-bond acceptors (Lipinski definition) is 3. The van der Waals surface area contributed by atoms with Crippen LogP contribution in [0, 0.1) is 5.82 Å². The fraction of sp³-hybridized carbons (Fsp3) is 0.364. The van der Waals surface area contributed by atoms with Gasteiger partial charge in [0.15, 0.2) is 11.5 Å². The molecule has 1 aromatic rings. The Morgan fingerprint density at radius 1 is 1.44 bits per heavy atom. The minimum atomic E-state index is -0.534. The Labute approximate surface area is 97.1 Å². The maximum atomic E-state index is 13.7. The van der Waals surface area contributed by atoms with E-state index in [4.69, 9.17) is 21.1 Å². The topological polar surface area (TPSA) is 35.5 Å². The zero-order valence-corrected chi connectivity index (χ0v) is 9.22. The Balaban J connectivity index is 2.45. The molecule has 3 nitrogen and oxygen atoms in total. The van der Waals surface area contributed by atoms with E-state index in [0.29, 0.717) is 30.3 Å². The number of aldehydes is 1. The molecule has 0 spiro atoms. The lowest BCUT2D eigenvalue weighted by atomic mass is 10.1. The molecule has 0 bridgehead atoms. The van der Waals surface area contributed by atoms with Crippen LogP contribution in [0.5, 0.6) is 11.5 Å². The van der Waals surface area contributed by atoms with Gasteiger partial charge < -0.3 is 14.3 Å². The fourth-order valence-electron chi connectivity index (χ4n) is 1.62. The molecule has 5 heteroatoms. The standard InChI is InChI=1S/C11H10ClFO3/c12-8-6-9-11(16-5-4-15-9)7(10(8)13)2-1-3-14/h3,6H,1-2,4-5H2. The van der Waals surface area contributed by atoms with Gasteiger partial charge in [-0.3, -0.25) is 0 Å². The van der Waals surface area contributed by atoms with Crippen molar-refractivity contribution < 1.29 is 18.7 Å². The summed E-state index contributed by atoms with van der Waals surface area (Å²) in [5, 5.41) is -0.00912. The molecule has 0 atom stereocenters. The van der Waals surface area contributed by atoms with E-state index in [1.165, 1.54) is 6.07 Å². The van der Waals surface area contributed by atoms with Gasteiger partial charge in [0.25, 0.3) is 0 Å². The Bertz CT molecular complexity index is 420. The van der Waals surface area contributed by atoms with Gasteiger partial charge in [0, 0.05) is 18.1 Å². The van der Waals surface area contributed by atoms with Crippen molar-refractivity contribution in [1.29, 1.82) is 0 Å². The number of ether oxygens (including phenoxy) is 2. The second-order valence-corrected chi connectivity index (χ2v) is 3.79. The normalized spacial score (nSPS) is 13.6. The molecule has 0 saturated carbocycles. The van der Waals surface area contributed by atoms with Gasteiger partial charge in [-0.05, 0) is 6.42 Å². The molecule has 1 aromatic carbocycles. The molecule has 0 aromatic heterocycles. The minimum Gasteiger partial charge on any atom is -0.486 e. The second kappa shape index (κ2) is 4.70. The predicted molar refractivity (Wildman–Crippen MR) is 56.8 cm³/mol. The van der Waals surface area contributed by atoms with E-state index >= 15 is 0 Å². The average Bonchev–Trinajstić information content (AvgIpc) is 2.30. The summed E-state index contributed by atoms with van der Waals surface area (Å²) in [6, 6.07) is 1.40. The number of carbonyl (C=O) groups is 1. The second-order valence-electron chi connectivity index (χ2n) is 3.38. The monoisotopic (exact) mass is 244 g/mol. The quantitative estimate of drug-likeness (QED) is 0.766. The molecule has 0 saturated heterocycles. The maximum absolute atomic E-state index is 13.7. The fourth-order valence-corrected chi connectivity index (χ4v) is 1.84. The lowest BCUT2D eigenvalue weighted by Crippen LogP contribution is -2.17. The summed E-state index contributed by atoms with van der Waals surface area (Å²) in [6.45, 7) is 0.796. The Morgan fingerprint density at radius 3 is 2.94 bits per heavy atom. The van der Waals surface area contributed by atoms with Crippen molar-refractivity contribution in [3.8, 4) is 11.5 Å². The van der Waals surface area contributed by atoms with Crippen molar-refractivity contribution in [3.63, 3.8) is 0 Å². The molecule has 0 unspecified atom stereocenters. The first-order chi connectivity index (χ1) is 7.74. The first-order valence-corrected chi connectivity index (χ1v) is 5.32. The SMILES string of the molecule is O=CCCc1c(F)c(Cl)cc2c1OCCO2. The Morgan fingerprint density at radius 2 is 2.19 bits per heavy atom. The summed E-state index contributed by atoms with van der Waals surface area (Å²) in [4.78, 5) is 10.3. The number of benzene rings is 1. The first kappa shape index (κ1) is 11.2. The highest BCUT2D eigenvalue weighted by Gasteiger charge is 2.22. The predicted octanol–water partition coefficient (Wildman–Crippen LogP) is 2.38. The van der Waals surface area contributed by atoms with Crippen LogP contribution in [0.4, 0.5) is 4.39 Å². The zero-order chi connectivity index (χ0) is 11.5. The lowest BCUT2D eigenvalue weighted by Gasteiger charge is -2.21. The number of rotatable bonds is 3. The van der Waals surface area contributed by atoms with Crippen LogP contribution < -0.4 is 9.47 Å². The van der Waals surface area contributed by atoms with E-state index < -0.39 is 5.82 Å². The van der Waals surface area contributed by atoms with Crippen molar-refractivity contribution in [2.75, 3.05) is 13.2 Å². The van der Waals surface area contributed by atoms with Gasteiger partial charge in [-0.25, -0.2) is 4.39 Å². The highest BCUT2D eigenvalue weighted by atomic mass is 35.5. The largest absolute Gasteiger partial charge is 0.486 e. The van der Waals surface area contributed by atoms with E-state index in [1.54, 1.807) is 0 Å². The van der Waals surface area contributed by atoms with E-state index in [1.807, 2.05) is 0 Å². The molecule has 0 aliphatic carbocycles. The van der Waals surface area contributed by atoms with Crippen molar-refractivity contribution in [2.45, 2.75) is 12.8 Å². The molecule has 16 heavy (non-hydrogen) atoms. The summed E-state index contributed by atoms with van der Waals surface area (Å²) in [6.07, 6.45) is 1.23. The highest BCUT2D eigenvalue weighted by molar-refractivity contribution is 6.31. The van der Waals surface area contributed by atoms with E-state index in [-0.39, 0.29) is 17.9 Å². The van der Waals surface area contributed by atoms with Gasteiger partial charge in [0.2, 0.25) is 0 Å². The number of halogens is 2. The molecule has 0 N–H and O–H groups in total. The van der Waals surface area contributed by atoms with Gasteiger partial charge in [0.1, 0.15) is 25.3 Å². The number of carbonyl (C=O) groups excluding carboxylic acids is 1. The zero-order valence-electron chi connectivity index (χ0n) is 8.46. The third kappa shape index (κ3) is 1.97. The molecule has 2 rings (SSSR count). The summed E-state index contributed by atoms with van der Waals surface area (Å²) < 4.78 is 24.4. The van der Waals surface area contributed by atoms with Crippen molar-refractivity contribution >= 4 is 17.9 Å².